The van der Waals surface area contributed by atoms with Crippen molar-refractivity contribution in [2.24, 2.45) is 0 Å². The van der Waals surface area contributed by atoms with Crippen LogP contribution in [0.15, 0.2) is 41.3 Å². The largest absolute Gasteiger partial charge is 0.398 e. The average molecular weight is 305 g/mol. The molecule has 7 heteroatoms. The van der Waals surface area contributed by atoms with Crippen LogP contribution in [0.2, 0.25) is 0 Å². The number of anilines is 2. The van der Waals surface area contributed by atoms with Crippen LogP contribution in [-0.4, -0.2) is 8.42 Å². The minimum absolute atomic E-state index is 0.0121. The molecular weight excluding hydrogens is 293 g/mol. The lowest BCUT2D eigenvalue weighted by molar-refractivity contribution is 0.601. The van der Waals surface area contributed by atoms with Gasteiger partial charge in [0.2, 0.25) is 0 Å². The van der Waals surface area contributed by atoms with Gasteiger partial charge in [0.25, 0.3) is 10.0 Å². The highest BCUT2D eigenvalue weighted by Crippen LogP contribution is 2.22. The smallest absolute Gasteiger partial charge is 0.262 e. The van der Waals surface area contributed by atoms with Crippen molar-refractivity contribution in [1.29, 1.82) is 5.26 Å². The number of nitriles is 1. The minimum Gasteiger partial charge on any atom is -0.398 e. The summed E-state index contributed by atoms with van der Waals surface area (Å²) >= 11 is 0. The van der Waals surface area contributed by atoms with E-state index >= 15 is 0 Å². The fourth-order valence-corrected chi connectivity index (χ4v) is 2.80. The lowest BCUT2D eigenvalue weighted by Crippen LogP contribution is -2.14. The molecule has 0 heterocycles. The second-order valence-electron chi connectivity index (χ2n) is 4.43. The summed E-state index contributed by atoms with van der Waals surface area (Å²) in [7, 11) is -3.90. The Kier molecular flexibility index (Phi) is 3.82. The van der Waals surface area contributed by atoms with Crippen molar-refractivity contribution in [2.75, 3.05) is 10.5 Å². The summed E-state index contributed by atoms with van der Waals surface area (Å²) in [6.07, 6.45) is 0. The first kappa shape index (κ1) is 14.8. The van der Waals surface area contributed by atoms with Crippen LogP contribution in [0.25, 0.3) is 0 Å². The average Bonchev–Trinajstić information content (AvgIpc) is 2.43. The number of halogens is 1. The van der Waals surface area contributed by atoms with Crippen LogP contribution in [0.1, 0.15) is 11.1 Å². The number of benzene rings is 2. The summed E-state index contributed by atoms with van der Waals surface area (Å²) < 4.78 is 39.8. The van der Waals surface area contributed by atoms with E-state index in [0.717, 1.165) is 17.7 Å². The van der Waals surface area contributed by atoms with Gasteiger partial charge in [-0.25, -0.2) is 12.8 Å². The second-order valence-corrected chi connectivity index (χ2v) is 6.11. The summed E-state index contributed by atoms with van der Waals surface area (Å²) in [5.74, 6) is -0.617. The highest BCUT2D eigenvalue weighted by atomic mass is 32.2. The minimum atomic E-state index is -3.90. The van der Waals surface area contributed by atoms with Crippen molar-refractivity contribution in [3.63, 3.8) is 0 Å². The van der Waals surface area contributed by atoms with E-state index in [1.165, 1.54) is 18.2 Å². The number of nitrogens with two attached hydrogens (primary N) is 1. The summed E-state index contributed by atoms with van der Waals surface area (Å²) in [6, 6.07) is 9.28. The highest BCUT2D eigenvalue weighted by molar-refractivity contribution is 7.92. The van der Waals surface area contributed by atoms with Crippen molar-refractivity contribution in [2.45, 2.75) is 11.8 Å². The van der Waals surface area contributed by atoms with E-state index in [1.54, 1.807) is 19.1 Å². The molecule has 0 bridgehead atoms. The Morgan fingerprint density at radius 2 is 1.95 bits per heavy atom. The zero-order valence-electron chi connectivity index (χ0n) is 11.1. The molecule has 0 saturated carbocycles. The van der Waals surface area contributed by atoms with Crippen molar-refractivity contribution >= 4 is 21.4 Å². The second kappa shape index (κ2) is 5.42. The van der Waals surface area contributed by atoms with E-state index < -0.39 is 15.8 Å². The lowest BCUT2D eigenvalue weighted by Gasteiger charge is -2.10. The number of hydrogen-bond acceptors (Lipinski definition) is 4. The first-order valence-corrected chi connectivity index (χ1v) is 7.40. The van der Waals surface area contributed by atoms with Crippen LogP contribution in [-0.2, 0) is 10.0 Å². The number of nitrogen functional groups attached to an aromatic ring is 1. The zero-order valence-corrected chi connectivity index (χ0v) is 11.9. The van der Waals surface area contributed by atoms with Gasteiger partial charge in [-0.3, -0.25) is 4.72 Å². The summed E-state index contributed by atoms with van der Waals surface area (Å²) in [6.45, 7) is 1.76. The Hall–Kier alpha value is -2.59. The monoisotopic (exact) mass is 305 g/mol. The summed E-state index contributed by atoms with van der Waals surface area (Å²) in [4.78, 5) is -0.0289. The Labute approximate surface area is 121 Å². The van der Waals surface area contributed by atoms with E-state index in [0.29, 0.717) is 5.69 Å². The summed E-state index contributed by atoms with van der Waals surface area (Å²) in [5, 5.41) is 8.92. The number of nitrogens with one attached hydrogen (secondary N) is 1. The molecule has 3 N–H and O–H groups in total. The molecule has 2 rings (SSSR count). The Bertz CT molecular complexity index is 842. The molecule has 0 unspecified atom stereocenters. The van der Waals surface area contributed by atoms with E-state index in [1.807, 2.05) is 0 Å². The third-order valence-corrected chi connectivity index (χ3v) is 4.27. The third kappa shape index (κ3) is 3.12. The van der Waals surface area contributed by atoms with Crippen molar-refractivity contribution in [3.05, 3.63) is 53.3 Å². The van der Waals surface area contributed by atoms with E-state index in [4.69, 9.17) is 11.0 Å². The molecule has 0 aromatic heterocycles. The third-order valence-electron chi connectivity index (χ3n) is 2.91. The van der Waals surface area contributed by atoms with Gasteiger partial charge in [-0.2, -0.15) is 5.26 Å². The van der Waals surface area contributed by atoms with Gasteiger partial charge in [0.15, 0.2) is 0 Å². The Balaban J connectivity index is 2.42. The zero-order chi connectivity index (χ0) is 15.6. The molecule has 0 atom stereocenters. The van der Waals surface area contributed by atoms with Gasteiger partial charge in [0.1, 0.15) is 11.9 Å². The highest BCUT2D eigenvalue weighted by Gasteiger charge is 2.17. The molecule has 2 aromatic carbocycles. The number of nitrogens with zero attached hydrogens (tertiary/aromatic N) is 1. The maximum atomic E-state index is 13.0. The van der Waals surface area contributed by atoms with E-state index in [9.17, 15) is 12.8 Å². The molecule has 21 heavy (non-hydrogen) atoms. The lowest BCUT2D eigenvalue weighted by atomic mass is 10.2. The molecule has 2 aromatic rings. The number of aryl methyl sites for hydroxylation is 1. The van der Waals surface area contributed by atoms with Crippen LogP contribution in [0.3, 0.4) is 0 Å². The fourth-order valence-electron chi connectivity index (χ4n) is 1.69. The van der Waals surface area contributed by atoms with Gasteiger partial charge in [-0.1, -0.05) is 6.07 Å². The molecule has 108 valence electrons. The van der Waals surface area contributed by atoms with E-state index in [2.05, 4.69) is 4.72 Å². The normalized spacial score (nSPS) is 10.9. The number of sulfonamides is 1. The Morgan fingerprint density at radius 1 is 1.24 bits per heavy atom. The molecule has 0 radical (unpaired) electrons. The molecule has 5 nitrogen and oxygen atoms in total. The van der Waals surface area contributed by atoms with Gasteiger partial charge >= 0.3 is 0 Å². The molecular formula is C14H12FN3O2S. The predicted octanol–water partition coefficient (Wildman–Crippen LogP) is 2.39. The molecule has 0 aliphatic rings. The van der Waals surface area contributed by atoms with Gasteiger partial charge in [-0.15, -0.1) is 0 Å². The molecule has 0 aliphatic heterocycles. The van der Waals surface area contributed by atoms with Crippen LogP contribution < -0.4 is 10.5 Å². The van der Waals surface area contributed by atoms with Gasteiger partial charge in [0, 0.05) is 5.69 Å². The van der Waals surface area contributed by atoms with Gasteiger partial charge < -0.3 is 5.73 Å². The van der Waals surface area contributed by atoms with Crippen molar-refractivity contribution in [3.8, 4) is 6.07 Å². The maximum absolute atomic E-state index is 13.0. The fraction of sp³-hybridized carbons (Fsp3) is 0.0714. The molecule has 0 fully saturated rings. The van der Waals surface area contributed by atoms with Crippen LogP contribution in [0, 0.1) is 24.1 Å². The Morgan fingerprint density at radius 3 is 2.57 bits per heavy atom. The molecule has 0 spiro atoms. The van der Waals surface area contributed by atoms with Crippen LogP contribution in [0.4, 0.5) is 15.8 Å². The van der Waals surface area contributed by atoms with E-state index in [-0.39, 0.29) is 16.1 Å². The predicted molar refractivity (Wildman–Crippen MR) is 77.5 cm³/mol. The number of hydrogen-bond donors (Lipinski definition) is 2. The molecule has 0 amide bonds. The van der Waals surface area contributed by atoms with Crippen molar-refractivity contribution in [1.82, 2.24) is 0 Å². The SMILES string of the molecule is Cc1ccc(S(=O)(=O)Nc2ccc(F)cc2C#N)cc1N. The van der Waals surface area contributed by atoms with Crippen LogP contribution in [0.5, 0.6) is 0 Å². The van der Waals surface area contributed by atoms with Gasteiger partial charge in [-0.05, 0) is 42.8 Å². The maximum Gasteiger partial charge on any atom is 0.262 e. The molecule has 0 aliphatic carbocycles. The van der Waals surface area contributed by atoms with Gasteiger partial charge in [0.05, 0.1) is 16.1 Å². The topological polar surface area (TPSA) is 96.0 Å². The van der Waals surface area contributed by atoms with Crippen LogP contribution >= 0.6 is 0 Å². The van der Waals surface area contributed by atoms with Crippen molar-refractivity contribution < 1.29 is 12.8 Å². The quantitative estimate of drug-likeness (QED) is 0.851. The first-order valence-electron chi connectivity index (χ1n) is 5.92. The summed E-state index contributed by atoms with van der Waals surface area (Å²) in [5.41, 5.74) is 6.71. The number of rotatable bonds is 3. The first-order chi connectivity index (χ1) is 9.83. The standard InChI is InChI=1S/C14H12FN3O2S/c1-9-2-4-12(7-13(9)17)21(19,20)18-14-5-3-11(15)6-10(14)8-16/h2-7,18H,17H2,1H3. The molecule has 0 saturated heterocycles.